The van der Waals surface area contributed by atoms with E-state index in [2.05, 4.69) is 28.4 Å². The average molecular weight is 259 g/mol. The maximum Gasteiger partial charge on any atom is 0.227 e. The van der Waals surface area contributed by atoms with Crippen LogP contribution in [0.5, 0.6) is 5.75 Å². The van der Waals surface area contributed by atoms with Crippen molar-refractivity contribution in [1.82, 2.24) is 15.5 Å². The van der Waals surface area contributed by atoms with Gasteiger partial charge < -0.3 is 14.6 Å². The molecule has 0 aliphatic carbocycles. The largest absolute Gasteiger partial charge is 0.493 e. The topological polar surface area (TPSA) is 60.2 Å². The van der Waals surface area contributed by atoms with Crippen molar-refractivity contribution in [2.24, 2.45) is 5.92 Å². The molecule has 5 heteroatoms. The third kappa shape index (κ3) is 2.61. The Hall–Kier alpha value is -1.88. The molecule has 5 nitrogen and oxygen atoms in total. The molecule has 2 heterocycles. The van der Waals surface area contributed by atoms with Gasteiger partial charge in [0, 0.05) is 30.5 Å². The second kappa shape index (κ2) is 5.40. The third-order valence-electron chi connectivity index (χ3n) is 3.43. The van der Waals surface area contributed by atoms with E-state index in [1.54, 1.807) is 0 Å². The molecule has 0 saturated carbocycles. The quantitative estimate of drug-likeness (QED) is 0.909. The predicted octanol–water partition coefficient (Wildman–Crippen LogP) is 1.97. The van der Waals surface area contributed by atoms with Gasteiger partial charge >= 0.3 is 0 Å². The maximum atomic E-state index is 5.74. The first-order chi connectivity index (χ1) is 9.34. The minimum Gasteiger partial charge on any atom is -0.493 e. The van der Waals surface area contributed by atoms with Gasteiger partial charge in [-0.2, -0.15) is 4.98 Å². The monoisotopic (exact) mass is 259 g/mol. The van der Waals surface area contributed by atoms with Crippen molar-refractivity contribution in [2.75, 3.05) is 13.2 Å². The lowest BCUT2D eigenvalue weighted by molar-refractivity contribution is 0.188. The molecule has 1 N–H and O–H groups in total. The van der Waals surface area contributed by atoms with Gasteiger partial charge in [-0.15, -0.1) is 0 Å². The maximum absolute atomic E-state index is 5.74. The van der Waals surface area contributed by atoms with Crippen LogP contribution in [-0.2, 0) is 6.42 Å². The lowest BCUT2D eigenvalue weighted by Gasteiger charge is -2.32. The van der Waals surface area contributed by atoms with E-state index in [1.165, 1.54) is 11.9 Å². The van der Waals surface area contributed by atoms with E-state index in [1.807, 2.05) is 18.2 Å². The van der Waals surface area contributed by atoms with Crippen LogP contribution in [0.4, 0.5) is 0 Å². The smallest absolute Gasteiger partial charge is 0.227 e. The Kier molecular flexibility index (Phi) is 3.46. The summed E-state index contributed by atoms with van der Waals surface area (Å²) in [7, 11) is 0. The lowest BCUT2D eigenvalue weighted by Crippen LogP contribution is -2.35. The number of para-hydroxylation sites is 1. The summed E-state index contributed by atoms with van der Waals surface area (Å²) in [5, 5.41) is 7.16. The molecule has 0 amide bonds. The van der Waals surface area contributed by atoms with Crippen LogP contribution in [0.1, 0.15) is 24.4 Å². The van der Waals surface area contributed by atoms with Gasteiger partial charge in [0.1, 0.15) is 5.75 Å². The van der Waals surface area contributed by atoms with Crippen molar-refractivity contribution in [2.45, 2.75) is 19.4 Å². The van der Waals surface area contributed by atoms with E-state index in [0.717, 1.165) is 25.3 Å². The van der Waals surface area contributed by atoms with Crippen molar-refractivity contribution >= 4 is 0 Å². The standard InChI is InChI=1S/C14H17N3O2/c1-10-8-18-12-5-3-2-4-11(12)14(10)15-7-6-13-16-9-17-19-13/h2-5,9-10,14-15H,6-8H2,1H3. The molecular formula is C14H17N3O2. The van der Waals surface area contributed by atoms with Gasteiger partial charge in [0.2, 0.25) is 5.89 Å². The Morgan fingerprint density at radius 3 is 3.11 bits per heavy atom. The van der Waals surface area contributed by atoms with Crippen LogP contribution < -0.4 is 10.1 Å². The molecule has 0 fully saturated rings. The van der Waals surface area contributed by atoms with Crippen LogP contribution in [0, 0.1) is 5.92 Å². The van der Waals surface area contributed by atoms with Crippen molar-refractivity contribution in [1.29, 1.82) is 0 Å². The predicted molar refractivity (Wildman–Crippen MR) is 69.8 cm³/mol. The zero-order valence-corrected chi connectivity index (χ0v) is 10.9. The number of aromatic nitrogens is 2. The van der Waals surface area contributed by atoms with Crippen molar-refractivity contribution < 1.29 is 9.26 Å². The number of nitrogens with zero attached hydrogens (tertiary/aromatic N) is 2. The van der Waals surface area contributed by atoms with E-state index in [9.17, 15) is 0 Å². The van der Waals surface area contributed by atoms with E-state index >= 15 is 0 Å². The lowest BCUT2D eigenvalue weighted by atomic mass is 9.92. The fraction of sp³-hybridized carbons (Fsp3) is 0.429. The molecule has 0 spiro atoms. The molecule has 0 radical (unpaired) electrons. The van der Waals surface area contributed by atoms with Gasteiger partial charge in [-0.3, -0.25) is 0 Å². The summed E-state index contributed by atoms with van der Waals surface area (Å²) in [6.45, 7) is 3.75. The second-order valence-electron chi connectivity index (χ2n) is 4.84. The molecule has 2 unspecified atom stereocenters. The Balaban J connectivity index is 1.66. The van der Waals surface area contributed by atoms with Gasteiger partial charge in [-0.05, 0) is 6.07 Å². The van der Waals surface area contributed by atoms with Crippen LogP contribution in [0.15, 0.2) is 35.1 Å². The zero-order chi connectivity index (χ0) is 13.1. The van der Waals surface area contributed by atoms with Crippen molar-refractivity contribution in [3.8, 4) is 5.75 Å². The van der Waals surface area contributed by atoms with Gasteiger partial charge in [0.15, 0.2) is 6.33 Å². The number of ether oxygens (including phenoxy) is 1. The summed E-state index contributed by atoms with van der Waals surface area (Å²) in [5.74, 6) is 2.09. The number of benzene rings is 1. The number of hydrogen-bond donors (Lipinski definition) is 1. The molecule has 0 saturated heterocycles. The summed E-state index contributed by atoms with van der Waals surface area (Å²) in [6.07, 6.45) is 2.17. The summed E-state index contributed by atoms with van der Waals surface area (Å²) in [4.78, 5) is 4.02. The Morgan fingerprint density at radius 1 is 1.37 bits per heavy atom. The Labute approximate surface area is 112 Å². The summed E-state index contributed by atoms with van der Waals surface area (Å²) in [6, 6.07) is 8.51. The number of rotatable bonds is 4. The molecule has 19 heavy (non-hydrogen) atoms. The van der Waals surface area contributed by atoms with Crippen LogP contribution in [0.3, 0.4) is 0 Å². The van der Waals surface area contributed by atoms with E-state index in [0.29, 0.717) is 17.9 Å². The summed E-state index contributed by atoms with van der Waals surface area (Å²) in [5.41, 5.74) is 1.23. The van der Waals surface area contributed by atoms with Crippen LogP contribution in [0.2, 0.25) is 0 Å². The summed E-state index contributed by atoms with van der Waals surface area (Å²) >= 11 is 0. The first kappa shape index (κ1) is 12.2. The first-order valence-corrected chi connectivity index (χ1v) is 6.55. The highest BCUT2D eigenvalue weighted by Gasteiger charge is 2.26. The SMILES string of the molecule is CC1COc2ccccc2C1NCCc1ncno1. The Morgan fingerprint density at radius 2 is 2.26 bits per heavy atom. The molecule has 1 aliphatic heterocycles. The first-order valence-electron chi connectivity index (χ1n) is 6.55. The fourth-order valence-corrected chi connectivity index (χ4v) is 2.44. The van der Waals surface area contributed by atoms with Crippen LogP contribution in [-0.4, -0.2) is 23.3 Å². The van der Waals surface area contributed by atoms with Crippen molar-refractivity contribution in [3.05, 3.63) is 42.0 Å². The number of fused-ring (bicyclic) bond motifs is 1. The highest BCUT2D eigenvalue weighted by molar-refractivity contribution is 5.37. The highest BCUT2D eigenvalue weighted by atomic mass is 16.5. The Bertz CT molecular complexity index is 527. The van der Waals surface area contributed by atoms with Gasteiger partial charge in [0.25, 0.3) is 0 Å². The van der Waals surface area contributed by atoms with Crippen molar-refractivity contribution in [3.63, 3.8) is 0 Å². The van der Waals surface area contributed by atoms with E-state index < -0.39 is 0 Å². The molecule has 2 atom stereocenters. The van der Waals surface area contributed by atoms with E-state index in [4.69, 9.17) is 9.26 Å². The van der Waals surface area contributed by atoms with E-state index in [-0.39, 0.29) is 0 Å². The zero-order valence-electron chi connectivity index (χ0n) is 10.9. The third-order valence-corrected chi connectivity index (χ3v) is 3.43. The molecule has 2 aromatic rings. The molecule has 1 aromatic heterocycles. The summed E-state index contributed by atoms with van der Waals surface area (Å²) < 4.78 is 10.7. The molecule has 0 bridgehead atoms. The van der Waals surface area contributed by atoms with Crippen LogP contribution >= 0.6 is 0 Å². The van der Waals surface area contributed by atoms with Gasteiger partial charge in [-0.1, -0.05) is 30.3 Å². The fourth-order valence-electron chi connectivity index (χ4n) is 2.44. The average Bonchev–Trinajstić information content (AvgIpc) is 2.94. The molecular weight excluding hydrogens is 242 g/mol. The number of nitrogens with one attached hydrogen (secondary N) is 1. The molecule has 1 aliphatic rings. The molecule has 100 valence electrons. The van der Waals surface area contributed by atoms with Gasteiger partial charge in [-0.25, -0.2) is 0 Å². The van der Waals surface area contributed by atoms with Crippen LogP contribution in [0.25, 0.3) is 0 Å². The molecule has 3 rings (SSSR count). The van der Waals surface area contributed by atoms with Gasteiger partial charge in [0.05, 0.1) is 6.61 Å². The highest BCUT2D eigenvalue weighted by Crippen LogP contribution is 2.34. The normalized spacial score (nSPS) is 21.7. The molecule has 1 aromatic carbocycles. The minimum atomic E-state index is 0.313. The minimum absolute atomic E-state index is 0.313. The number of hydrogen-bond acceptors (Lipinski definition) is 5. The second-order valence-corrected chi connectivity index (χ2v) is 4.84.